The number of hydrogen-bond acceptors (Lipinski definition) is 5. The Balaban J connectivity index is 2.12. The Kier molecular flexibility index (Phi) is 4.19. The molecule has 1 atom stereocenters. The molecule has 2 N–H and O–H groups in total. The number of anilines is 1. The largest absolute Gasteiger partial charge is 0.372 e. The van der Waals surface area contributed by atoms with Gasteiger partial charge in [0, 0.05) is 20.3 Å². The lowest BCUT2D eigenvalue weighted by Gasteiger charge is -2.13. The summed E-state index contributed by atoms with van der Waals surface area (Å²) in [5.74, 6) is 0.936. The maximum absolute atomic E-state index is 12.1. The summed E-state index contributed by atoms with van der Waals surface area (Å²) >= 11 is 6.00. The van der Waals surface area contributed by atoms with Crippen molar-refractivity contribution in [3.63, 3.8) is 0 Å². The lowest BCUT2D eigenvalue weighted by Crippen LogP contribution is -2.28. The molecule has 20 heavy (non-hydrogen) atoms. The Labute approximate surface area is 121 Å². The number of hydrogen-bond donors (Lipinski definition) is 2. The van der Waals surface area contributed by atoms with Gasteiger partial charge in [-0.1, -0.05) is 11.6 Å². The lowest BCUT2D eigenvalue weighted by atomic mass is 10.2. The molecule has 1 unspecified atom stereocenters. The van der Waals surface area contributed by atoms with Gasteiger partial charge >= 0.3 is 0 Å². The van der Waals surface area contributed by atoms with E-state index in [4.69, 9.17) is 11.6 Å². The number of aromatic nitrogens is 4. The summed E-state index contributed by atoms with van der Waals surface area (Å²) in [4.78, 5) is 16.2. The van der Waals surface area contributed by atoms with E-state index in [2.05, 4.69) is 25.8 Å². The van der Waals surface area contributed by atoms with Crippen LogP contribution in [0.15, 0.2) is 18.6 Å². The van der Waals surface area contributed by atoms with Gasteiger partial charge in [0.15, 0.2) is 5.82 Å². The molecular formula is C12H15ClN6O. The number of aryl methyl sites for hydroxylation is 1. The third-order valence-electron chi connectivity index (χ3n) is 2.82. The van der Waals surface area contributed by atoms with Crippen molar-refractivity contribution in [2.45, 2.75) is 13.0 Å². The average molecular weight is 295 g/mol. The molecule has 0 aliphatic carbocycles. The normalized spacial score (nSPS) is 12.0. The van der Waals surface area contributed by atoms with Crippen molar-refractivity contribution in [3.05, 3.63) is 35.0 Å². The van der Waals surface area contributed by atoms with Crippen LogP contribution < -0.4 is 10.6 Å². The van der Waals surface area contributed by atoms with Crippen molar-refractivity contribution in [3.8, 4) is 0 Å². The molecule has 0 radical (unpaired) electrons. The number of carbonyl (C=O) groups excluding carboxylic acids is 1. The van der Waals surface area contributed by atoms with E-state index in [-0.39, 0.29) is 11.9 Å². The van der Waals surface area contributed by atoms with Crippen LogP contribution in [0.4, 0.5) is 5.82 Å². The summed E-state index contributed by atoms with van der Waals surface area (Å²) in [6.07, 6.45) is 3.05. The Bertz CT molecular complexity index is 626. The average Bonchev–Trinajstić information content (AvgIpc) is 2.84. The first kappa shape index (κ1) is 14.3. The Morgan fingerprint density at radius 2 is 2.25 bits per heavy atom. The van der Waals surface area contributed by atoms with Crippen LogP contribution in [-0.2, 0) is 7.05 Å². The number of pyridine rings is 1. The molecule has 2 rings (SSSR count). The molecule has 0 aliphatic heterocycles. The first-order valence-corrected chi connectivity index (χ1v) is 6.38. The van der Waals surface area contributed by atoms with Crippen LogP contribution >= 0.6 is 11.6 Å². The van der Waals surface area contributed by atoms with E-state index in [9.17, 15) is 4.79 Å². The molecule has 1 amide bonds. The minimum absolute atomic E-state index is 0.266. The summed E-state index contributed by atoms with van der Waals surface area (Å²) in [5, 5.41) is 13.8. The number of halogens is 1. The maximum Gasteiger partial charge on any atom is 0.253 e. The zero-order valence-electron chi connectivity index (χ0n) is 11.4. The van der Waals surface area contributed by atoms with Gasteiger partial charge in [-0.25, -0.2) is 4.98 Å². The molecule has 2 aromatic rings. The summed E-state index contributed by atoms with van der Waals surface area (Å²) < 4.78 is 1.75. The predicted molar refractivity (Wildman–Crippen MR) is 75.7 cm³/mol. The van der Waals surface area contributed by atoms with E-state index in [1.165, 1.54) is 6.20 Å². The van der Waals surface area contributed by atoms with E-state index in [0.717, 1.165) is 0 Å². The van der Waals surface area contributed by atoms with Crippen LogP contribution in [0.25, 0.3) is 0 Å². The van der Waals surface area contributed by atoms with Crippen LogP contribution in [0, 0.1) is 0 Å². The number of nitrogens with one attached hydrogen (secondary N) is 2. The second-order valence-electron chi connectivity index (χ2n) is 4.30. The second-order valence-corrected chi connectivity index (χ2v) is 4.71. The van der Waals surface area contributed by atoms with Crippen molar-refractivity contribution >= 4 is 23.3 Å². The standard InChI is InChI=1S/C12H15ClN6O/c1-7(11-18-16-6-19(11)3)17-12(20)8-4-9(13)10(14-2)15-5-8/h4-7H,1-3H3,(H,14,15)(H,17,20). The van der Waals surface area contributed by atoms with Crippen molar-refractivity contribution in [1.29, 1.82) is 0 Å². The molecular weight excluding hydrogens is 280 g/mol. The molecule has 0 fully saturated rings. The van der Waals surface area contributed by atoms with Gasteiger partial charge in [0.05, 0.1) is 16.6 Å². The quantitative estimate of drug-likeness (QED) is 0.890. The zero-order chi connectivity index (χ0) is 14.7. The minimum atomic E-state index is -0.266. The number of nitrogens with zero attached hydrogens (tertiary/aromatic N) is 4. The first-order valence-electron chi connectivity index (χ1n) is 6.01. The highest BCUT2D eigenvalue weighted by Crippen LogP contribution is 2.19. The van der Waals surface area contributed by atoms with Crippen molar-refractivity contribution < 1.29 is 4.79 Å². The van der Waals surface area contributed by atoms with Crippen molar-refractivity contribution in [2.75, 3.05) is 12.4 Å². The van der Waals surface area contributed by atoms with Gasteiger partial charge in [0.25, 0.3) is 5.91 Å². The van der Waals surface area contributed by atoms with Crippen molar-refractivity contribution in [2.24, 2.45) is 7.05 Å². The monoisotopic (exact) mass is 294 g/mol. The first-order chi connectivity index (χ1) is 9.52. The summed E-state index contributed by atoms with van der Waals surface area (Å²) in [6.45, 7) is 1.83. The van der Waals surface area contributed by atoms with Gasteiger partial charge in [-0.05, 0) is 13.0 Å². The Hall–Kier alpha value is -2.15. The summed E-state index contributed by atoms with van der Waals surface area (Å²) in [6, 6.07) is 1.30. The molecule has 0 spiro atoms. The molecule has 2 aromatic heterocycles. The highest BCUT2D eigenvalue weighted by atomic mass is 35.5. The molecule has 0 aromatic carbocycles. The fourth-order valence-electron chi connectivity index (χ4n) is 1.77. The summed E-state index contributed by atoms with van der Waals surface area (Å²) in [5.41, 5.74) is 0.392. The Morgan fingerprint density at radius 1 is 1.50 bits per heavy atom. The van der Waals surface area contributed by atoms with E-state index in [1.54, 1.807) is 24.0 Å². The molecule has 7 nitrogen and oxygen atoms in total. The molecule has 0 saturated carbocycles. The van der Waals surface area contributed by atoms with Gasteiger partial charge in [-0.2, -0.15) is 0 Å². The smallest absolute Gasteiger partial charge is 0.253 e. The number of amides is 1. The van der Waals surface area contributed by atoms with Crippen LogP contribution in [0.2, 0.25) is 5.02 Å². The van der Waals surface area contributed by atoms with E-state index in [0.29, 0.717) is 22.2 Å². The van der Waals surface area contributed by atoms with E-state index in [1.807, 2.05) is 14.0 Å². The fraction of sp³-hybridized carbons (Fsp3) is 0.333. The number of carbonyl (C=O) groups is 1. The molecule has 8 heteroatoms. The SMILES string of the molecule is CNc1ncc(C(=O)NC(C)c2nncn2C)cc1Cl. The third kappa shape index (κ3) is 2.88. The summed E-state index contributed by atoms with van der Waals surface area (Å²) in [7, 11) is 3.53. The fourth-order valence-corrected chi connectivity index (χ4v) is 2.04. The minimum Gasteiger partial charge on any atom is -0.372 e. The lowest BCUT2D eigenvalue weighted by molar-refractivity contribution is 0.0937. The molecule has 2 heterocycles. The van der Waals surface area contributed by atoms with E-state index >= 15 is 0 Å². The third-order valence-corrected chi connectivity index (χ3v) is 3.11. The molecule has 0 bridgehead atoms. The molecule has 0 aliphatic rings. The van der Waals surface area contributed by atoms with E-state index < -0.39 is 0 Å². The predicted octanol–water partition coefficient (Wildman–Crippen LogP) is 1.40. The van der Waals surface area contributed by atoms with Gasteiger partial charge in [-0.3, -0.25) is 4.79 Å². The van der Waals surface area contributed by atoms with Crippen molar-refractivity contribution in [1.82, 2.24) is 25.1 Å². The maximum atomic E-state index is 12.1. The van der Waals surface area contributed by atoms with Gasteiger partial charge in [0.1, 0.15) is 12.1 Å². The number of rotatable bonds is 4. The van der Waals surface area contributed by atoms with Crippen LogP contribution in [0.3, 0.4) is 0 Å². The van der Waals surface area contributed by atoms with Gasteiger partial charge < -0.3 is 15.2 Å². The topological polar surface area (TPSA) is 84.7 Å². The molecule has 0 saturated heterocycles. The molecule has 106 valence electrons. The Morgan fingerprint density at radius 3 is 2.80 bits per heavy atom. The highest BCUT2D eigenvalue weighted by Gasteiger charge is 2.16. The van der Waals surface area contributed by atoms with Crippen LogP contribution in [0.5, 0.6) is 0 Å². The van der Waals surface area contributed by atoms with Gasteiger partial charge in [-0.15, -0.1) is 10.2 Å². The highest BCUT2D eigenvalue weighted by molar-refractivity contribution is 6.33. The zero-order valence-corrected chi connectivity index (χ0v) is 12.1. The second kappa shape index (κ2) is 5.87. The van der Waals surface area contributed by atoms with Crippen LogP contribution in [0.1, 0.15) is 29.1 Å². The van der Waals surface area contributed by atoms with Gasteiger partial charge in [0.2, 0.25) is 0 Å². The van der Waals surface area contributed by atoms with Crippen LogP contribution in [-0.4, -0.2) is 32.7 Å².